The van der Waals surface area contributed by atoms with Crippen molar-refractivity contribution >= 4 is 21.6 Å². The Morgan fingerprint density at radius 1 is 1.06 bits per heavy atom. The first-order chi connectivity index (χ1) is 8.27. The highest BCUT2D eigenvalue weighted by Crippen LogP contribution is 2.18. The molecule has 0 aliphatic carbocycles. The number of halogens is 1. The number of rotatable bonds is 2. The van der Waals surface area contributed by atoms with Crippen molar-refractivity contribution in [3.63, 3.8) is 0 Å². The van der Waals surface area contributed by atoms with Gasteiger partial charge in [0.2, 0.25) is 0 Å². The Morgan fingerprint density at radius 2 is 1.56 bits per heavy atom. The van der Waals surface area contributed by atoms with Crippen LogP contribution in [0.15, 0.2) is 28.7 Å². The number of hydrogen-bond donors (Lipinski definition) is 2. The first kappa shape index (κ1) is 17.4. The normalized spacial score (nSPS) is 14.3. The fourth-order valence-electron chi connectivity index (χ4n) is 1.57. The van der Waals surface area contributed by atoms with Gasteiger partial charge in [-0.25, -0.2) is 0 Å². The summed E-state index contributed by atoms with van der Waals surface area (Å²) < 4.78 is 1.14. The number of piperazine rings is 1. The van der Waals surface area contributed by atoms with Gasteiger partial charge in [0, 0.05) is 36.3 Å². The topological polar surface area (TPSA) is 50.3 Å². The second-order valence-electron chi connectivity index (χ2n) is 4.21. The average Bonchev–Trinajstić information content (AvgIpc) is 2.41. The molecule has 1 aliphatic rings. The second kappa shape index (κ2) is 10.4. The van der Waals surface area contributed by atoms with Crippen LogP contribution in [0.1, 0.15) is 26.7 Å². The molecule has 0 amide bonds. The zero-order chi connectivity index (χ0) is 12.5. The molecule has 0 atom stereocenters. The van der Waals surface area contributed by atoms with Gasteiger partial charge >= 0.3 is 0 Å². The van der Waals surface area contributed by atoms with E-state index in [1.807, 2.05) is 0 Å². The van der Waals surface area contributed by atoms with E-state index in [0.717, 1.165) is 30.7 Å². The molecule has 1 aliphatic heterocycles. The van der Waals surface area contributed by atoms with Crippen molar-refractivity contribution in [3.05, 3.63) is 28.7 Å². The number of hydrogen-bond acceptors (Lipinski definition) is 3. The molecule has 0 unspecified atom stereocenters. The molecule has 1 saturated heterocycles. The lowest BCUT2D eigenvalue weighted by atomic mass is 10.2. The molecule has 0 saturated carbocycles. The summed E-state index contributed by atoms with van der Waals surface area (Å²) in [7, 11) is 0. The number of benzene rings is 1. The van der Waals surface area contributed by atoms with Crippen LogP contribution in [-0.2, 0) is 0 Å². The van der Waals surface area contributed by atoms with E-state index in [1.54, 1.807) is 0 Å². The van der Waals surface area contributed by atoms with Crippen LogP contribution in [0, 0.1) is 0 Å². The third-order valence-electron chi connectivity index (χ3n) is 2.81. The second-order valence-corrected chi connectivity index (χ2v) is 5.13. The molecule has 2 rings (SSSR count). The number of anilines is 1. The molecular formula is C14H26BrN3. The van der Waals surface area contributed by atoms with E-state index in [9.17, 15) is 0 Å². The molecule has 4 heteroatoms. The van der Waals surface area contributed by atoms with E-state index in [1.165, 1.54) is 18.5 Å². The largest absolute Gasteiger partial charge is 0.369 e. The van der Waals surface area contributed by atoms with Gasteiger partial charge in [-0.3, -0.25) is 0 Å². The van der Waals surface area contributed by atoms with Crippen LogP contribution in [0.2, 0.25) is 0 Å². The van der Waals surface area contributed by atoms with Gasteiger partial charge in [0.15, 0.2) is 0 Å². The van der Waals surface area contributed by atoms with Gasteiger partial charge in [0.1, 0.15) is 0 Å². The molecule has 18 heavy (non-hydrogen) atoms. The fraction of sp³-hybridized carbons (Fsp3) is 0.571. The fourth-order valence-corrected chi connectivity index (χ4v) is 1.84. The Kier molecular flexibility index (Phi) is 10.0. The third kappa shape index (κ3) is 6.38. The molecule has 104 valence electrons. The van der Waals surface area contributed by atoms with E-state index in [-0.39, 0.29) is 6.15 Å². The molecule has 4 N–H and O–H groups in total. The van der Waals surface area contributed by atoms with Crippen LogP contribution in [0.5, 0.6) is 0 Å². The van der Waals surface area contributed by atoms with Crippen LogP contribution in [-0.4, -0.2) is 26.2 Å². The molecule has 1 aromatic rings. The maximum absolute atomic E-state index is 3.44. The molecule has 1 fully saturated rings. The van der Waals surface area contributed by atoms with Crippen molar-refractivity contribution in [1.29, 1.82) is 0 Å². The summed E-state index contributed by atoms with van der Waals surface area (Å²) >= 11 is 3.44. The lowest BCUT2D eigenvalue weighted by Gasteiger charge is -2.29. The Bertz CT molecular complexity index is 292. The van der Waals surface area contributed by atoms with Crippen molar-refractivity contribution in [2.45, 2.75) is 26.7 Å². The average molecular weight is 316 g/mol. The lowest BCUT2D eigenvalue weighted by molar-refractivity contribution is 0.589. The maximum atomic E-state index is 3.44. The molecule has 0 aromatic heterocycles. The van der Waals surface area contributed by atoms with Gasteiger partial charge in [0.05, 0.1) is 0 Å². The molecule has 0 radical (unpaired) electrons. The number of nitrogens with zero attached hydrogens (tertiary/aromatic N) is 1. The van der Waals surface area contributed by atoms with Gasteiger partial charge < -0.3 is 16.4 Å². The summed E-state index contributed by atoms with van der Waals surface area (Å²) in [5, 5.41) is 3.34. The minimum atomic E-state index is 0. The van der Waals surface area contributed by atoms with Crippen LogP contribution in [0.4, 0.5) is 5.69 Å². The van der Waals surface area contributed by atoms with E-state index in [0.29, 0.717) is 0 Å². The summed E-state index contributed by atoms with van der Waals surface area (Å²) in [5.74, 6) is 0. The summed E-state index contributed by atoms with van der Waals surface area (Å²) in [6.07, 6.45) is 2.64. The zero-order valence-corrected chi connectivity index (χ0v) is 13.2. The summed E-state index contributed by atoms with van der Waals surface area (Å²) in [5.41, 5.74) is 1.32. The monoisotopic (exact) mass is 315 g/mol. The highest BCUT2D eigenvalue weighted by Gasteiger charge is 2.09. The van der Waals surface area contributed by atoms with E-state index in [4.69, 9.17) is 0 Å². The first-order valence-corrected chi connectivity index (χ1v) is 7.28. The summed E-state index contributed by atoms with van der Waals surface area (Å²) in [6.45, 7) is 8.77. The molecule has 1 aromatic carbocycles. The molecule has 0 spiro atoms. The van der Waals surface area contributed by atoms with Crippen molar-refractivity contribution in [2.75, 3.05) is 31.1 Å². The summed E-state index contributed by atoms with van der Waals surface area (Å²) in [6, 6.07) is 8.51. The Balaban J connectivity index is 0.000000512. The smallest absolute Gasteiger partial charge is 0.0367 e. The van der Waals surface area contributed by atoms with Crippen molar-refractivity contribution in [3.8, 4) is 0 Å². The summed E-state index contributed by atoms with van der Waals surface area (Å²) in [4.78, 5) is 2.41. The lowest BCUT2D eigenvalue weighted by Crippen LogP contribution is -2.43. The Labute approximate surface area is 120 Å². The van der Waals surface area contributed by atoms with Crippen molar-refractivity contribution < 1.29 is 0 Å². The maximum Gasteiger partial charge on any atom is 0.0367 e. The van der Waals surface area contributed by atoms with Crippen LogP contribution >= 0.6 is 15.9 Å². The van der Waals surface area contributed by atoms with Gasteiger partial charge in [-0.2, -0.15) is 0 Å². The standard InChI is InChI=1S/C10H13BrN2.C4H10.H3N/c11-9-1-3-10(4-2-9)13-7-5-12-6-8-13;1-3-4-2;/h1-4,12H,5-8H2;3-4H2,1-2H3;1H3. The Hall–Kier alpha value is -0.580. The number of nitrogens with one attached hydrogen (secondary N) is 1. The van der Waals surface area contributed by atoms with E-state index < -0.39 is 0 Å². The van der Waals surface area contributed by atoms with Crippen molar-refractivity contribution in [2.24, 2.45) is 0 Å². The molecule has 0 bridgehead atoms. The van der Waals surface area contributed by atoms with E-state index >= 15 is 0 Å². The quantitative estimate of drug-likeness (QED) is 0.872. The van der Waals surface area contributed by atoms with Crippen LogP contribution in [0.3, 0.4) is 0 Å². The Morgan fingerprint density at radius 3 is 2.00 bits per heavy atom. The van der Waals surface area contributed by atoms with Crippen LogP contribution in [0.25, 0.3) is 0 Å². The zero-order valence-electron chi connectivity index (χ0n) is 11.6. The van der Waals surface area contributed by atoms with Gasteiger partial charge in [-0.05, 0) is 24.3 Å². The predicted molar refractivity (Wildman–Crippen MR) is 84.8 cm³/mol. The molecule has 1 heterocycles. The van der Waals surface area contributed by atoms with Crippen LogP contribution < -0.4 is 16.4 Å². The third-order valence-corrected chi connectivity index (χ3v) is 3.34. The van der Waals surface area contributed by atoms with Gasteiger partial charge in [-0.1, -0.05) is 42.6 Å². The van der Waals surface area contributed by atoms with E-state index in [2.05, 4.69) is 64.3 Å². The number of unbranched alkanes of at least 4 members (excludes halogenated alkanes) is 1. The van der Waals surface area contributed by atoms with Gasteiger partial charge in [-0.15, -0.1) is 0 Å². The van der Waals surface area contributed by atoms with Crippen molar-refractivity contribution in [1.82, 2.24) is 11.5 Å². The molecule has 3 nitrogen and oxygen atoms in total. The first-order valence-electron chi connectivity index (χ1n) is 6.49. The predicted octanol–water partition coefficient (Wildman–Crippen LogP) is 3.83. The highest BCUT2D eigenvalue weighted by molar-refractivity contribution is 9.10. The highest BCUT2D eigenvalue weighted by atomic mass is 79.9. The minimum Gasteiger partial charge on any atom is -0.369 e. The SMILES string of the molecule is Brc1ccc(N2CCNCC2)cc1.CCCC.N. The van der Waals surface area contributed by atoms with Gasteiger partial charge in [0.25, 0.3) is 0 Å². The minimum absolute atomic E-state index is 0. The molecular weight excluding hydrogens is 290 g/mol.